The first-order valence-electron chi connectivity index (χ1n) is 9.29. The number of rotatable bonds is 2. The molecule has 1 unspecified atom stereocenters. The number of carbonyl (C=O) groups is 4. The first kappa shape index (κ1) is 20.9. The maximum absolute atomic E-state index is 12.0. The second kappa shape index (κ2) is 7.55. The number of hydrogen-bond acceptors (Lipinski definition) is 6. The number of nitrogens with zero attached hydrogens (tertiary/aromatic N) is 2. The van der Waals surface area contributed by atoms with Crippen molar-refractivity contribution in [1.82, 2.24) is 26.2 Å². The Hall–Kier alpha value is -3.81. The monoisotopic (exact) mass is 413 g/mol. The van der Waals surface area contributed by atoms with Gasteiger partial charge in [-0.25, -0.2) is 14.6 Å². The van der Waals surface area contributed by atoms with Crippen LogP contribution < -0.4 is 27.0 Å². The molecular weight excluding hydrogens is 390 g/mol. The summed E-state index contributed by atoms with van der Waals surface area (Å²) in [5, 5.41) is 9.56. The van der Waals surface area contributed by atoms with Crippen molar-refractivity contribution >= 4 is 29.7 Å². The summed E-state index contributed by atoms with van der Waals surface area (Å²) in [5.41, 5.74) is 4.03. The van der Waals surface area contributed by atoms with Crippen molar-refractivity contribution in [2.45, 2.75) is 37.8 Å². The Morgan fingerprint density at radius 2 is 1.73 bits per heavy atom. The fraction of sp³-hybridized carbons (Fsp3) is 0.421. The molecule has 11 heteroatoms. The van der Waals surface area contributed by atoms with Gasteiger partial charge in [0.05, 0.1) is 5.57 Å². The summed E-state index contributed by atoms with van der Waals surface area (Å²) in [6.07, 6.45) is 2.37. The summed E-state index contributed by atoms with van der Waals surface area (Å²) in [5.74, 6) is 5.27. The highest BCUT2D eigenvalue weighted by molar-refractivity contribution is 6.09. The Morgan fingerprint density at radius 3 is 2.23 bits per heavy atom. The van der Waals surface area contributed by atoms with Crippen LogP contribution >= 0.6 is 0 Å². The van der Waals surface area contributed by atoms with Crippen LogP contribution in [0.5, 0.6) is 0 Å². The van der Waals surface area contributed by atoms with Gasteiger partial charge in [0, 0.05) is 25.0 Å². The summed E-state index contributed by atoms with van der Waals surface area (Å²) >= 11 is 0. The van der Waals surface area contributed by atoms with Gasteiger partial charge < -0.3 is 21.3 Å². The summed E-state index contributed by atoms with van der Waals surface area (Å²) in [6.45, 7) is 8.01. The normalized spacial score (nSPS) is 25.9. The standard InChI is InChI=1S/C19H23N7O4/c1-11(20)13(4-5-18(3)14(27)22-16(29)24-18)10-21-12(2)26-8-6-19(7-9-26)15(28)23-17(30)25-19/h10H,1,6-9,20H2,2-3H3,(H2,22,24,27,29)(H2,23,25,28,30)/b13-10-,21-12?. The predicted molar refractivity (Wildman–Crippen MR) is 108 cm³/mol. The smallest absolute Gasteiger partial charge is 0.323 e. The fourth-order valence-electron chi connectivity index (χ4n) is 3.35. The van der Waals surface area contributed by atoms with Gasteiger partial charge in [0.2, 0.25) is 0 Å². The molecule has 1 spiro atoms. The lowest BCUT2D eigenvalue weighted by Crippen LogP contribution is -2.55. The van der Waals surface area contributed by atoms with Crippen molar-refractivity contribution in [1.29, 1.82) is 0 Å². The van der Waals surface area contributed by atoms with Crippen molar-refractivity contribution in [3.05, 3.63) is 24.0 Å². The molecule has 3 rings (SSSR count). The van der Waals surface area contributed by atoms with Gasteiger partial charge in [0.25, 0.3) is 11.8 Å². The predicted octanol–water partition coefficient (Wildman–Crippen LogP) is -0.963. The van der Waals surface area contributed by atoms with Crippen LogP contribution in [0, 0.1) is 11.8 Å². The number of aliphatic imine (C=N–C) groups is 1. The third-order valence-corrected chi connectivity index (χ3v) is 5.31. The van der Waals surface area contributed by atoms with Crippen molar-refractivity contribution in [3.63, 3.8) is 0 Å². The first-order valence-corrected chi connectivity index (χ1v) is 9.29. The van der Waals surface area contributed by atoms with E-state index < -0.39 is 29.0 Å². The summed E-state index contributed by atoms with van der Waals surface area (Å²) in [7, 11) is 0. The van der Waals surface area contributed by atoms with Gasteiger partial charge in [-0.15, -0.1) is 0 Å². The molecular formula is C19H23N7O4. The molecule has 6 amide bonds. The molecule has 11 nitrogen and oxygen atoms in total. The molecule has 0 saturated carbocycles. The quantitative estimate of drug-likeness (QED) is 0.129. The number of imide groups is 2. The minimum atomic E-state index is -1.36. The van der Waals surface area contributed by atoms with E-state index in [1.807, 2.05) is 4.90 Å². The van der Waals surface area contributed by atoms with Gasteiger partial charge in [-0.05, 0) is 26.7 Å². The van der Waals surface area contributed by atoms with E-state index in [1.54, 1.807) is 6.92 Å². The van der Waals surface area contributed by atoms with Gasteiger partial charge in [0.15, 0.2) is 5.54 Å². The Balaban J connectivity index is 1.71. The van der Waals surface area contributed by atoms with Crippen molar-refractivity contribution < 1.29 is 19.2 Å². The Kier molecular flexibility index (Phi) is 5.26. The van der Waals surface area contributed by atoms with E-state index in [-0.39, 0.29) is 11.6 Å². The lowest BCUT2D eigenvalue weighted by Gasteiger charge is -2.37. The molecule has 6 N–H and O–H groups in total. The minimum Gasteiger partial charge on any atom is -0.398 e. The van der Waals surface area contributed by atoms with E-state index in [0.717, 1.165) is 0 Å². The van der Waals surface area contributed by atoms with Gasteiger partial charge in [-0.1, -0.05) is 18.4 Å². The minimum absolute atomic E-state index is 0.162. The number of nitrogens with two attached hydrogens (primary N) is 1. The van der Waals surface area contributed by atoms with Crippen LogP contribution in [-0.2, 0) is 9.59 Å². The molecule has 0 aromatic carbocycles. The number of hydrogen-bond donors (Lipinski definition) is 5. The molecule has 0 aliphatic carbocycles. The van der Waals surface area contributed by atoms with Crippen LogP contribution in [0.2, 0.25) is 0 Å². The van der Waals surface area contributed by atoms with Crippen LogP contribution in [0.25, 0.3) is 0 Å². The molecule has 3 fully saturated rings. The molecule has 30 heavy (non-hydrogen) atoms. The fourth-order valence-corrected chi connectivity index (χ4v) is 3.35. The highest BCUT2D eigenvalue weighted by Gasteiger charge is 2.48. The number of nitrogens with one attached hydrogen (secondary N) is 4. The van der Waals surface area contributed by atoms with E-state index in [9.17, 15) is 19.2 Å². The lowest BCUT2D eigenvalue weighted by molar-refractivity contribution is -0.125. The number of carbonyl (C=O) groups excluding carboxylic acids is 4. The van der Waals surface area contributed by atoms with Gasteiger partial charge >= 0.3 is 12.1 Å². The summed E-state index contributed by atoms with van der Waals surface area (Å²) in [4.78, 5) is 53.0. The number of amides is 6. The third-order valence-electron chi connectivity index (χ3n) is 5.31. The van der Waals surface area contributed by atoms with E-state index in [1.165, 1.54) is 13.1 Å². The maximum atomic E-state index is 12.0. The molecule has 0 radical (unpaired) electrons. The highest BCUT2D eigenvalue weighted by Crippen LogP contribution is 2.25. The largest absolute Gasteiger partial charge is 0.398 e. The number of amidine groups is 1. The van der Waals surface area contributed by atoms with Gasteiger partial charge in [0.1, 0.15) is 11.4 Å². The molecule has 3 heterocycles. The van der Waals surface area contributed by atoms with Crippen molar-refractivity contribution in [2.75, 3.05) is 13.1 Å². The molecule has 3 aliphatic rings. The van der Waals surface area contributed by atoms with Crippen molar-refractivity contribution in [2.24, 2.45) is 10.7 Å². The Labute approximate surface area is 173 Å². The zero-order chi connectivity index (χ0) is 22.1. The van der Waals surface area contributed by atoms with Crippen molar-refractivity contribution in [3.8, 4) is 11.8 Å². The van der Waals surface area contributed by atoms with Crippen LogP contribution in [0.4, 0.5) is 9.59 Å². The van der Waals surface area contributed by atoms with E-state index in [2.05, 4.69) is 44.7 Å². The molecule has 3 saturated heterocycles. The van der Waals surface area contributed by atoms with Gasteiger partial charge in [-0.3, -0.25) is 20.2 Å². The lowest BCUT2D eigenvalue weighted by atomic mass is 9.88. The van der Waals surface area contributed by atoms with E-state index in [4.69, 9.17) is 5.73 Å². The molecule has 3 aliphatic heterocycles. The number of allylic oxidation sites excluding steroid dienone is 1. The zero-order valence-corrected chi connectivity index (χ0v) is 16.7. The molecule has 0 bridgehead atoms. The second-order valence-electron chi connectivity index (χ2n) is 7.50. The maximum Gasteiger partial charge on any atom is 0.323 e. The summed E-state index contributed by atoms with van der Waals surface area (Å²) < 4.78 is 0. The van der Waals surface area contributed by atoms with Gasteiger partial charge in [-0.2, -0.15) is 0 Å². The van der Waals surface area contributed by atoms with E-state index in [0.29, 0.717) is 37.3 Å². The van der Waals surface area contributed by atoms with Crippen LogP contribution in [0.1, 0.15) is 26.7 Å². The Morgan fingerprint density at radius 1 is 1.13 bits per heavy atom. The average molecular weight is 413 g/mol. The average Bonchev–Trinajstić information content (AvgIpc) is 3.08. The zero-order valence-electron chi connectivity index (χ0n) is 16.7. The third kappa shape index (κ3) is 3.98. The Bertz CT molecular complexity index is 963. The number of likely N-dealkylation sites (tertiary alicyclic amines) is 1. The summed E-state index contributed by atoms with van der Waals surface area (Å²) in [6, 6.07) is -1.08. The van der Waals surface area contributed by atoms with Crippen LogP contribution in [-0.4, -0.2) is 58.8 Å². The number of urea groups is 2. The SMILES string of the molecule is C=C(N)/C(C#CC1(C)NC(=O)NC1=O)=C\N=C(C)N1CCC2(CC1)NC(=O)NC2=O. The molecule has 0 aromatic rings. The highest BCUT2D eigenvalue weighted by atomic mass is 16.2. The molecule has 0 aromatic heterocycles. The first-order chi connectivity index (χ1) is 14.0. The topological polar surface area (TPSA) is 158 Å². The van der Waals surface area contributed by atoms with Crippen LogP contribution in [0.15, 0.2) is 29.0 Å². The molecule has 1 atom stereocenters. The van der Waals surface area contributed by atoms with Crippen LogP contribution in [0.3, 0.4) is 0 Å². The number of piperidine rings is 1. The molecule has 158 valence electrons. The van der Waals surface area contributed by atoms with E-state index >= 15 is 0 Å². The second-order valence-corrected chi connectivity index (χ2v) is 7.50.